The zero-order valence-electron chi connectivity index (χ0n) is 11.3. The van der Waals surface area contributed by atoms with E-state index in [-0.39, 0.29) is 0 Å². The van der Waals surface area contributed by atoms with Crippen LogP contribution in [0.5, 0.6) is 0 Å². The summed E-state index contributed by atoms with van der Waals surface area (Å²) in [5.74, 6) is 0. The van der Waals surface area contributed by atoms with Crippen molar-refractivity contribution >= 4 is 34.9 Å². The Hall–Kier alpha value is -1.72. The fourth-order valence-corrected chi connectivity index (χ4v) is 2.59. The molecule has 1 heterocycles. The van der Waals surface area contributed by atoms with E-state index < -0.39 is 0 Å². The van der Waals surface area contributed by atoms with E-state index in [4.69, 9.17) is 12.2 Å². The summed E-state index contributed by atoms with van der Waals surface area (Å²) in [5, 5.41) is 7.79. The van der Waals surface area contributed by atoms with Gasteiger partial charge in [-0.2, -0.15) is 5.10 Å². The maximum Gasteiger partial charge on any atom is 0.186 e. The minimum atomic E-state index is 0.547. The van der Waals surface area contributed by atoms with Gasteiger partial charge in [-0.25, -0.2) is 0 Å². The molecular weight excluding hydrogens is 286 g/mol. The number of hydrazone groups is 1. The molecule has 1 aromatic carbocycles. The van der Waals surface area contributed by atoms with Crippen molar-refractivity contribution in [3.05, 3.63) is 57.8 Å². The number of hydrogen-bond acceptors (Lipinski definition) is 3. The summed E-state index contributed by atoms with van der Waals surface area (Å²) in [6.07, 6.45) is 2.72. The SMILES string of the molecule is Cc1ccc(/C=N\NC(=S)NCCc2ccccc2)s1. The molecule has 1 aromatic heterocycles. The number of nitrogens with one attached hydrogen (secondary N) is 2. The van der Waals surface area contributed by atoms with Gasteiger partial charge in [-0.1, -0.05) is 30.3 Å². The summed E-state index contributed by atoms with van der Waals surface area (Å²) in [4.78, 5) is 2.39. The molecule has 0 aliphatic heterocycles. The second kappa shape index (κ2) is 7.77. The highest BCUT2D eigenvalue weighted by molar-refractivity contribution is 7.80. The predicted octanol–water partition coefficient (Wildman–Crippen LogP) is 3.10. The van der Waals surface area contributed by atoms with E-state index in [0.717, 1.165) is 17.8 Å². The molecule has 2 N–H and O–H groups in total. The molecule has 0 radical (unpaired) electrons. The summed E-state index contributed by atoms with van der Waals surface area (Å²) < 4.78 is 0. The molecule has 0 bridgehead atoms. The molecule has 0 spiro atoms. The Balaban J connectivity index is 1.67. The molecule has 0 saturated carbocycles. The molecule has 104 valence electrons. The molecule has 0 saturated heterocycles. The lowest BCUT2D eigenvalue weighted by atomic mass is 10.1. The first-order valence-electron chi connectivity index (χ1n) is 6.41. The number of thiocarbonyl (C=S) groups is 1. The number of benzene rings is 1. The topological polar surface area (TPSA) is 36.4 Å². The van der Waals surface area contributed by atoms with E-state index in [1.165, 1.54) is 10.4 Å². The summed E-state index contributed by atoms with van der Waals surface area (Å²) >= 11 is 6.86. The van der Waals surface area contributed by atoms with Crippen molar-refractivity contribution < 1.29 is 0 Å². The van der Waals surface area contributed by atoms with Gasteiger partial charge in [-0.3, -0.25) is 5.43 Å². The smallest absolute Gasteiger partial charge is 0.186 e. The maximum atomic E-state index is 5.16. The minimum absolute atomic E-state index is 0.547. The third kappa shape index (κ3) is 5.11. The van der Waals surface area contributed by atoms with Crippen molar-refractivity contribution in [2.45, 2.75) is 13.3 Å². The Morgan fingerprint density at radius 2 is 2.05 bits per heavy atom. The average Bonchev–Trinajstić information content (AvgIpc) is 2.86. The summed E-state index contributed by atoms with van der Waals surface area (Å²) in [6, 6.07) is 14.4. The monoisotopic (exact) mass is 303 g/mol. The van der Waals surface area contributed by atoms with Crippen LogP contribution in [0.2, 0.25) is 0 Å². The number of hydrogen-bond donors (Lipinski definition) is 2. The lowest BCUT2D eigenvalue weighted by molar-refractivity contribution is 0.838. The van der Waals surface area contributed by atoms with Crippen molar-refractivity contribution in [1.82, 2.24) is 10.7 Å². The molecule has 0 aliphatic rings. The standard InChI is InChI=1S/C15H17N3S2/c1-12-7-8-14(20-12)11-17-18-15(19)16-10-9-13-5-3-2-4-6-13/h2-8,11H,9-10H2,1H3,(H2,16,18,19)/b17-11-. The Bertz CT molecular complexity index is 576. The molecule has 0 atom stereocenters. The highest BCUT2D eigenvalue weighted by atomic mass is 32.1. The largest absolute Gasteiger partial charge is 0.361 e. The van der Waals surface area contributed by atoms with Gasteiger partial charge in [-0.05, 0) is 43.3 Å². The molecule has 3 nitrogen and oxygen atoms in total. The molecule has 0 fully saturated rings. The van der Waals surface area contributed by atoms with Crippen molar-refractivity contribution in [3.63, 3.8) is 0 Å². The van der Waals surface area contributed by atoms with E-state index >= 15 is 0 Å². The highest BCUT2D eigenvalue weighted by Gasteiger charge is 1.95. The van der Waals surface area contributed by atoms with Crippen LogP contribution in [0.15, 0.2) is 47.6 Å². The quantitative estimate of drug-likeness (QED) is 0.506. The highest BCUT2D eigenvalue weighted by Crippen LogP contribution is 2.12. The Kier molecular flexibility index (Phi) is 5.70. The van der Waals surface area contributed by atoms with E-state index in [1.807, 2.05) is 24.3 Å². The average molecular weight is 303 g/mol. The van der Waals surface area contributed by atoms with Crippen LogP contribution in [0.4, 0.5) is 0 Å². The minimum Gasteiger partial charge on any atom is -0.361 e. The van der Waals surface area contributed by atoms with Gasteiger partial charge < -0.3 is 5.32 Å². The van der Waals surface area contributed by atoms with Gasteiger partial charge in [-0.15, -0.1) is 11.3 Å². The molecule has 20 heavy (non-hydrogen) atoms. The Morgan fingerprint density at radius 3 is 2.75 bits per heavy atom. The van der Waals surface area contributed by atoms with E-state index in [2.05, 4.69) is 41.0 Å². The fraction of sp³-hybridized carbons (Fsp3) is 0.200. The van der Waals surface area contributed by atoms with E-state index in [9.17, 15) is 0 Å². The Labute approximate surface area is 128 Å². The first-order valence-corrected chi connectivity index (χ1v) is 7.64. The molecule has 0 amide bonds. The lowest BCUT2D eigenvalue weighted by Gasteiger charge is -2.06. The molecule has 0 aliphatic carbocycles. The number of thiophene rings is 1. The van der Waals surface area contributed by atoms with Crippen LogP contribution >= 0.6 is 23.6 Å². The first kappa shape index (κ1) is 14.7. The van der Waals surface area contributed by atoms with Crippen LogP contribution < -0.4 is 10.7 Å². The fourth-order valence-electron chi connectivity index (χ4n) is 1.68. The summed E-state index contributed by atoms with van der Waals surface area (Å²) in [7, 11) is 0. The number of rotatable bonds is 5. The van der Waals surface area contributed by atoms with Gasteiger partial charge in [0.15, 0.2) is 5.11 Å². The van der Waals surface area contributed by atoms with Gasteiger partial charge in [0.05, 0.1) is 6.21 Å². The molecule has 0 unspecified atom stereocenters. The predicted molar refractivity (Wildman–Crippen MR) is 90.5 cm³/mol. The van der Waals surface area contributed by atoms with E-state index in [0.29, 0.717) is 5.11 Å². The zero-order chi connectivity index (χ0) is 14.2. The molecule has 2 aromatic rings. The van der Waals surface area contributed by atoms with Gasteiger partial charge >= 0.3 is 0 Å². The summed E-state index contributed by atoms with van der Waals surface area (Å²) in [5.41, 5.74) is 4.12. The van der Waals surface area contributed by atoms with Gasteiger partial charge in [0, 0.05) is 16.3 Å². The van der Waals surface area contributed by atoms with Crippen LogP contribution in [-0.4, -0.2) is 17.9 Å². The molecule has 5 heteroatoms. The van der Waals surface area contributed by atoms with Gasteiger partial charge in [0.2, 0.25) is 0 Å². The van der Waals surface area contributed by atoms with E-state index in [1.54, 1.807) is 17.6 Å². The van der Waals surface area contributed by atoms with Gasteiger partial charge in [0.1, 0.15) is 0 Å². The van der Waals surface area contributed by atoms with Crippen LogP contribution in [0.1, 0.15) is 15.3 Å². The number of nitrogens with zero attached hydrogens (tertiary/aromatic N) is 1. The van der Waals surface area contributed by atoms with Crippen LogP contribution in [0, 0.1) is 6.92 Å². The normalized spacial score (nSPS) is 10.7. The van der Waals surface area contributed by atoms with Gasteiger partial charge in [0.25, 0.3) is 0 Å². The maximum absolute atomic E-state index is 5.16. The van der Waals surface area contributed by atoms with Crippen LogP contribution in [0.3, 0.4) is 0 Å². The number of aryl methyl sites for hydroxylation is 1. The van der Waals surface area contributed by atoms with Crippen LogP contribution in [0.25, 0.3) is 0 Å². The van der Waals surface area contributed by atoms with Crippen molar-refractivity contribution in [3.8, 4) is 0 Å². The van der Waals surface area contributed by atoms with Crippen LogP contribution in [-0.2, 0) is 6.42 Å². The second-order valence-electron chi connectivity index (χ2n) is 4.31. The van der Waals surface area contributed by atoms with Crippen molar-refractivity contribution in [2.75, 3.05) is 6.54 Å². The molecular formula is C15H17N3S2. The lowest BCUT2D eigenvalue weighted by Crippen LogP contribution is -2.33. The second-order valence-corrected chi connectivity index (χ2v) is 6.04. The molecule has 2 rings (SSSR count). The first-order chi connectivity index (χ1) is 9.74. The summed E-state index contributed by atoms with van der Waals surface area (Å²) in [6.45, 7) is 2.87. The zero-order valence-corrected chi connectivity index (χ0v) is 12.9. The van der Waals surface area contributed by atoms with Crippen molar-refractivity contribution in [1.29, 1.82) is 0 Å². The Morgan fingerprint density at radius 1 is 1.25 bits per heavy atom. The third-order valence-corrected chi connectivity index (χ3v) is 3.83. The van der Waals surface area contributed by atoms with Crippen molar-refractivity contribution in [2.24, 2.45) is 5.10 Å². The third-order valence-electron chi connectivity index (χ3n) is 2.66.